The van der Waals surface area contributed by atoms with Crippen LogP contribution in [0.15, 0.2) is 35.3 Å². The topological polar surface area (TPSA) is 102 Å². The molecule has 1 unspecified atom stereocenters. The average Bonchev–Trinajstić information content (AvgIpc) is 2.80. The van der Waals surface area contributed by atoms with Gasteiger partial charge in [0, 0.05) is 18.2 Å². The molecule has 0 spiro atoms. The predicted octanol–water partition coefficient (Wildman–Crippen LogP) is 4.70. The van der Waals surface area contributed by atoms with Crippen LogP contribution in [-0.2, 0) is 6.42 Å². The smallest absolute Gasteiger partial charge is 0.341 e. The minimum atomic E-state index is -1.38. The van der Waals surface area contributed by atoms with Crippen LogP contribution in [0.25, 0.3) is 11.0 Å². The SMILES string of the molecule is COc1nc2c(cc1Cc1cccc(Cl)c1F)c(=O)c(C(=O)O)cn2[C@H](CO)CC(C)C(C)C. The van der Waals surface area contributed by atoms with E-state index in [1.165, 1.54) is 30.0 Å². The van der Waals surface area contributed by atoms with Crippen molar-refractivity contribution >= 4 is 28.6 Å². The predicted molar refractivity (Wildman–Crippen MR) is 128 cm³/mol. The van der Waals surface area contributed by atoms with Gasteiger partial charge in [0.15, 0.2) is 0 Å². The maximum Gasteiger partial charge on any atom is 0.341 e. The van der Waals surface area contributed by atoms with E-state index in [0.29, 0.717) is 17.9 Å². The molecule has 182 valence electrons. The molecule has 0 amide bonds. The standard InChI is InChI=1S/C25H28ClFN2O5/c1-13(2)14(3)8-17(12-30)29-11-19(25(32)33)22(31)18-10-16(24(34-4)28-23(18)29)9-15-6-5-7-20(26)21(15)27/h5-7,10-11,13-14,17,30H,8-9,12H2,1-4H3,(H,32,33)/t14?,17-/m0/s1. The van der Waals surface area contributed by atoms with Gasteiger partial charge < -0.3 is 19.5 Å². The van der Waals surface area contributed by atoms with Gasteiger partial charge >= 0.3 is 5.97 Å². The molecule has 34 heavy (non-hydrogen) atoms. The van der Waals surface area contributed by atoms with Gasteiger partial charge in [0.1, 0.15) is 17.0 Å². The summed E-state index contributed by atoms with van der Waals surface area (Å²) in [6, 6.07) is 5.58. The van der Waals surface area contributed by atoms with Crippen LogP contribution in [0.5, 0.6) is 5.88 Å². The molecular weight excluding hydrogens is 463 g/mol. The van der Waals surface area contributed by atoms with Gasteiger partial charge in [0.05, 0.1) is 30.2 Å². The van der Waals surface area contributed by atoms with Crippen molar-refractivity contribution in [3.8, 4) is 5.88 Å². The van der Waals surface area contributed by atoms with Crippen LogP contribution in [0.4, 0.5) is 4.39 Å². The third-order valence-corrected chi connectivity index (χ3v) is 6.56. The number of benzene rings is 1. The summed E-state index contributed by atoms with van der Waals surface area (Å²) in [5, 5.41) is 19.8. The summed E-state index contributed by atoms with van der Waals surface area (Å²) in [5.74, 6) is -1.26. The molecule has 0 aliphatic heterocycles. The summed E-state index contributed by atoms with van der Waals surface area (Å²) >= 11 is 5.90. The summed E-state index contributed by atoms with van der Waals surface area (Å²) < 4.78 is 21.5. The van der Waals surface area contributed by atoms with Crippen molar-refractivity contribution in [1.82, 2.24) is 9.55 Å². The maximum absolute atomic E-state index is 14.5. The van der Waals surface area contributed by atoms with Crippen LogP contribution in [0.3, 0.4) is 0 Å². The number of aliphatic hydroxyl groups is 1. The zero-order valence-corrected chi connectivity index (χ0v) is 20.3. The fourth-order valence-corrected chi connectivity index (χ4v) is 4.09. The number of methoxy groups -OCH3 is 1. The number of nitrogens with zero attached hydrogens (tertiary/aromatic N) is 2. The quantitative estimate of drug-likeness (QED) is 0.450. The van der Waals surface area contributed by atoms with Crippen molar-refractivity contribution in [3.05, 3.63) is 68.2 Å². The van der Waals surface area contributed by atoms with Gasteiger partial charge in [0.2, 0.25) is 11.3 Å². The van der Waals surface area contributed by atoms with Gasteiger partial charge in [-0.3, -0.25) is 4.79 Å². The monoisotopic (exact) mass is 490 g/mol. The van der Waals surface area contributed by atoms with Crippen molar-refractivity contribution in [2.45, 2.75) is 39.7 Å². The summed E-state index contributed by atoms with van der Waals surface area (Å²) in [4.78, 5) is 29.4. The fourth-order valence-electron chi connectivity index (χ4n) is 3.90. The molecule has 9 heteroatoms. The molecule has 2 aromatic heterocycles. The minimum absolute atomic E-state index is 0.0308. The van der Waals surface area contributed by atoms with Gasteiger partial charge in [0.25, 0.3) is 0 Å². The molecular formula is C25H28ClFN2O5. The number of fused-ring (bicyclic) bond motifs is 1. The molecule has 0 aliphatic rings. The summed E-state index contributed by atoms with van der Waals surface area (Å²) in [6.07, 6.45) is 1.80. The second-order valence-corrected chi connectivity index (χ2v) is 9.20. The zero-order valence-electron chi connectivity index (χ0n) is 19.5. The number of rotatable bonds is 9. The number of pyridine rings is 2. The van der Waals surface area contributed by atoms with E-state index in [-0.39, 0.29) is 46.4 Å². The van der Waals surface area contributed by atoms with Gasteiger partial charge in [-0.2, -0.15) is 4.98 Å². The number of aromatic nitrogens is 2. The molecule has 0 bridgehead atoms. The first-order chi connectivity index (χ1) is 16.1. The van der Waals surface area contributed by atoms with Gasteiger partial charge in [-0.05, 0) is 36.0 Å². The molecule has 2 heterocycles. The highest BCUT2D eigenvalue weighted by atomic mass is 35.5. The molecule has 0 saturated heterocycles. The molecule has 0 fully saturated rings. The van der Waals surface area contributed by atoms with E-state index in [1.54, 1.807) is 12.1 Å². The Morgan fingerprint density at radius 3 is 2.56 bits per heavy atom. The zero-order chi connectivity index (χ0) is 25.2. The first-order valence-electron chi connectivity index (χ1n) is 11.0. The molecule has 0 saturated carbocycles. The lowest BCUT2D eigenvalue weighted by Gasteiger charge is -2.26. The number of carbonyl (C=O) groups is 1. The maximum atomic E-state index is 14.5. The van der Waals surface area contributed by atoms with Crippen LogP contribution in [0.1, 0.15) is 54.7 Å². The second-order valence-electron chi connectivity index (χ2n) is 8.80. The van der Waals surface area contributed by atoms with E-state index < -0.39 is 28.8 Å². The Balaban J connectivity index is 2.26. The molecule has 0 radical (unpaired) electrons. The van der Waals surface area contributed by atoms with Crippen molar-refractivity contribution in [3.63, 3.8) is 0 Å². The number of halogens is 2. The normalized spacial score (nSPS) is 13.3. The molecule has 2 atom stereocenters. The Labute approximate surface area is 201 Å². The third-order valence-electron chi connectivity index (χ3n) is 6.27. The Morgan fingerprint density at radius 2 is 1.97 bits per heavy atom. The van der Waals surface area contributed by atoms with Gasteiger partial charge in [-0.1, -0.05) is 44.5 Å². The van der Waals surface area contributed by atoms with E-state index in [1.807, 2.05) is 6.92 Å². The van der Waals surface area contributed by atoms with E-state index in [2.05, 4.69) is 18.8 Å². The average molecular weight is 491 g/mol. The molecule has 7 nitrogen and oxygen atoms in total. The Hall–Kier alpha value is -2.97. The molecule has 3 aromatic rings. The van der Waals surface area contributed by atoms with Crippen LogP contribution < -0.4 is 10.2 Å². The number of aliphatic hydroxyl groups excluding tert-OH is 1. The number of carboxylic acid groups (broad SMARTS) is 1. The first kappa shape index (κ1) is 25.6. The lowest BCUT2D eigenvalue weighted by Crippen LogP contribution is -2.25. The van der Waals surface area contributed by atoms with Crippen LogP contribution >= 0.6 is 11.6 Å². The van der Waals surface area contributed by atoms with Crippen LogP contribution in [0.2, 0.25) is 5.02 Å². The summed E-state index contributed by atoms with van der Waals surface area (Å²) in [7, 11) is 1.41. The number of hydrogen-bond donors (Lipinski definition) is 2. The van der Waals surface area contributed by atoms with Crippen LogP contribution in [0, 0.1) is 17.7 Å². The number of aromatic carboxylic acids is 1. The van der Waals surface area contributed by atoms with Crippen molar-refractivity contribution in [2.24, 2.45) is 11.8 Å². The molecule has 2 N–H and O–H groups in total. The van der Waals surface area contributed by atoms with E-state index in [0.717, 1.165) is 0 Å². The largest absolute Gasteiger partial charge is 0.481 e. The summed E-state index contributed by atoms with van der Waals surface area (Å²) in [6.45, 7) is 5.90. The minimum Gasteiger partial charge on any atom is -0.481 e. The van der Waals surface area contributed by atoms with E-state index in [9.17, 15) is 24.2 Å². The van der Waals surface area contributed by atoms with Crippen molar-refractivity contribution < 1.29 is 24.1 Å². The number of ether oxygens (including phenoxy) is 1. The highest BCUT2D eigenvalue weighted by Crippen LogP contribution is 2.30. The molecule has 1 aromatic carbocycles. The fraction of sp³-hybridized carbons (Fsp3) is 0.400. The Morgan fingerprint density at radius 1 is 1.26 bits per heavy atom. The Bertz CT molecular complexity index is 1270. The highest BCUT2D eigenvalue weighted by molar-refractivity contribution is 6.30. The molecule has 0 aliphatic carbocycles. The summed E-state index contributed by atoms with van der Waals surface area (Å²) in [5.41, 5.74) is -0.276. The number of carboxylic acids is 1. The molecule has 3 rings (SSSR count). The van der Waals surface area contributed by atoms with E-state index in [4.69, 9.17) is 16.3 Å². The van der Waals surface area contributed by atoms with E-state index >= 15 is 0 Å². The Kier molecular flexibility index (Phi) is 7.94. The van der Waals surface area contributed by atoms with Crippen LogP contribution in [-0.4, -0.2) is 39.5 Å². The lowest BCUT2D eigenvalue weighted by atomic mass is 9.91. The highest BCUT2D eigenvalue weighted by Gasteiger charge is 2.24. The second kappa shape index (κ2) is 10.5. The van der Waals surface area contributed by atoms with Crippen molar-refractivity contribution in [1.29, 1.82) is 0 Å². The third kappa shape index (κ3) is 5.08. The number of hydrogen-bond acceptors (Lipinski definition) is 5. The van der Waals surface area contributed by atoms with Gasteiger partial charge in [-0.15, -0.1) is 0 Å². The van der Waals surface area contributed by atoms with Crippen molar-refractivity contribution in [2.75, 3.05) is 13.7 Å². The lowest BCUT2D eigenvalue weighted by molar-refractivity contribution is 0.0694. The first-order valence-corrected chi connectivity index (χ1v) is 11.4. The van der Waals surface area contributed by atoms with Gasteiger partial charge in [-0.25, -0.2) is 9.18 Å².